The number of hydrogen-bond donors (Lipinski definition) is 1. The number of carbonyl (C=O) groups excluding carboxylic acids is 2. The fourth-order valence-electron chi connectivity index (χ4n) is 4.62. The normalized spacial score (nSPS) is 16.8. The lowest BCUT2D eigenvalue weighted by atomic mass is 9.95. The van der Waals surface area contributed by atoms with Gasteiger partial charge >= 0.3 is 0 Å². The molecule has 0 aliphatic carbocycles. The first-order chi connectivity index (χ1) is 16.0. The number of amides is 2. The van der Waals surface area contributed by atoms with Gasteiger partial charge in [0.05, 0.1) is 26.2 Å². The molecule has 0 unspecified atom stereocenters. The Labute approximate surface area is 194 Å². The van der Waals surface area contributed by atoms with E-state index in [0.717, 1.165) is 40.7 Å². The lowest BCUT2D eigenvalue weighted by molar-refractivity contribution is -0.127. The number of piperidine rings is 1. The summed E-state index contributed by atoms with van der Waals surface area (Å²) in [6.07, 6.45) is 1.55. The molecule has 33 heavy (non-hydrogen) atoms. The molecule has 1 aliphatic rings. The molecule has 6 nitrogen and oxygen atoms in total. The molecule has 3 aromatic rings. The van der Waals surface area contributed by atoms with Crippen LogP contribution in [-0.4, -0.2) is 44.0 Å². The van der Waals surface area contributed by atoms with E-state index < -0.39 is 0 Å². The fourth-order valence-corrected chi connectivity index (χ4v) is 4.62. The number of fused-ring (bicyclic) bond motifs is 1. The van der Waals surface area contributed by atoms with Crippen LogP contribution in [-0.2, 0) is 4.79 Å². The van der Waals surface area contributed by atoms with Gasteiger partial charge in [-0.2, -0.15) is 0 Å². The quantitative estimate of drug-likeness (QED) is 0.602. The monoisotopic (exact) mass is 446 g/mol. The second kappa shape index (κ2) is 9.94. The molecule has 4 rings (SSSR count). The van der Waals surface area contributed by atoms with Gasteiger partial charge in [0, 0.05) is 29.6 Å². The Morgan fingerprint density at radius 2 is 1.64 bits per heavy atom. The first-order valence-corrected chi connectivity index (χ1v) is 11.3. The Kier molecular flexibility index (Phi) is 6.82. The number of benzene rings is 3. The molecular weight excluding hydrogens is 416 g/mol. The second-order valence-electron chi connectivity index (χ2n) is 8.42. The molecule has 2 atom stereocenters. The molecule has 1 N–H and O–H groups in total. The number of carbonyl (C=O) groups is 2. The van der Waals surface area contributed by atoms with Crippen LogP contribution in [0.15, 0.2) is 60.7 Å². The molecule has 0 spiro atoms. The molecule has 1 heterocycles. The standard InChI is InChI=1S/C27H30N2O4/c1-18(20-10-6-7-13-24(20)32-2)28-26(30)19-9-8-16-29(17-19)27(31)23-14-15-25(33-3)22-12-5-4-11-21(22)23/h4-7,10-15,18-19H,8-9,16-17H2,1-3H3,(H,28,30)/t18-,19-/m0/s1. The van der Waals surface area contributed by atoms with Crippen LogP contribution in [0.4, 0.5) is 0 Å². The van der Waals surface area contributed by atoms with Crippen molar-refractivity contribution in [2.45, 2.75) is 25.8 Å². The highest BCUT2D eigenvalue weighted by Gasteiger charge is 2.30. The maximum atomic E-state index is 13.4. The number of methoxy groups -OCH3 is 2. The summed E-state index contributed by atoms with van der Waals surface area (Å²) in [5.74, 6) is 1.15. The third-order valence-electron chi connectivity index (χ3n) is 6.38. The molecule has 6 heteroatoms. The molecule has 172 valence electrons. The van der Waals surface area contributed by atoms with E-state index in [4.69, 9.17) is 9.47 Å². The number of nitrogens with one attached hydrogen (secondary N) is 1. The smallest absolute Gasteiger partial charge is 0.254 e. The van der Waals surface area contributed by atoms with Gasteiger partial charge < -0.3 is 19.7 Å². The molecule has 0 aromatic heterocycles. The van der Waals surface area contributed by atoms with Gasteiger partial charge in [-0.3, -0.25) is 9.59 Å². The van der Waals surface area contributed by atoms with Crippen molar-refractivity contribution < 1.29 is 19.1 Å². The number of para-hydroxylation sites is 1. The Hall–Kier alpha value is -3.54. The van der Waals surface area contributed by atoms with E-state index in [-0.39, 0.29) is 23.8 Å². The van der Waals surface area contributed by atoms with Crippen molar-refractivity contribution in [3.8, 4) is 11.5 Å². The minimum Gasteiger partial charge on any atom is -0.496 e. The SMILES string of the molecule is COc1ccccc1[C@H](C)NC(=O)[C@H]1CCCN(C(=O)c2ccc(OC)c3ccccc23)C1. The Morgan fingerprint density at radius 1 is 0.939 bits per heavy atom. The van der Waals surface area contributed by atoms with Gasteiger partial charge in [0.1, 0.15) is 11.5 Å². The van der Waals surface area contributed by atoms with Crippen LogP contribution in [0.3, 0.4) is 0 Å². The minimum atomic E-state index is -0.246. The molecule has 0 radical (unpaired) electrons. The first kappa shape index (κ1) is 22.6. The average molecular weight is 447 g/mol. The predicted molar refractivity (Wildman–Crippen MR) is 129 cm³/mol. The van der Waals surface area contributed by atoms with Gasteiger partial charge in [-0.05, 0) is 43.4 Å². The summed E-state index contributed by atoms with van der Waals surface area (Å²) in [6, 6.07) is 18.9. The van der Waals surface area contributed by atoms with E-state index in [1.165, 1.54) is 0 Å². The van der Waals surface area contributed by atoms with Crippen molar-refractivity contribution in [2.24, 2.45) is 5.92 Å². The zero-order valence-corrected chi connectivity index (χ0v) is 19.3. The van der Waals surface area contributed by atoms with Crippen molar-refractivity contribution in [3.63, 3.8) is 0 Å². The van der Waals surface area contributed by atoms with Crippen molar-refractivity contribution in [1.82, 2.24) is 10.2 Å². The molecule has 0 saturated carbocycles. The summed E-state index contributed by atoms with van der Waals surface area (Å²) in [7, 11) is 3.25. The van der Waals surface area contributed by atoms with Crippen LogP contribution in [0.1, 0.15) is 41.7 Å². The largest absolute Gasteiger partial charge is 0.496 e. The third-order valence-corrected chi connectivity index (χ3v) is 6.38. The Balaban J connectivity index is 1.49. The number of nitrogens with zero attached hydrogens (tertiary/aromatic N) is 1. The van der Waals surface area contributed by atoms with Crippen LogP contribution < -0.4 is 14.8 Å². The predicted octanol–water partition coefficient (Wildman–Crippen LogP) is 4.59. The Morgan fingerprint density at radius 3 is 2.39 bits per heavy atom. The summed E-state index contributed by atoms with van der Waals surface area (Å²) >= 11 is 0. The number of likely N-dealkylation sites (tertiary alicyclic amines) is 1. The van der Waals surface area contributed by atoms with E-state index >= 15 is 0 Å². The highest BCUT2D eigenvalue weighted by molar-refractivity contribution is 6.08. The minimum absolute atomic E-state index is 0.0366. The van der Waals surface area contributed by atoms with Gasteiger partial charge in [0.15, 0.2) is 0 Å². The highest BCUT2D eigenvalue weighted by Crippen LogP contribution is 2.30. The molecule has 2 amide bonds. The molecule has 0 bridgehead atoms. The van der Waals surface area contributed by atoms with Crippen LogP contribution in [0.5, 0.6) is 11.5 Å². The summed E-state index contributed by atoms with van der Waals surface area (Å²) in [5, 5.41) is 4.88. The Bertz CT molecular complexity index is 1160. The van der Waals surface area contributed by atoms with Crippen molar-refractivity contribution in [1.29, 1.82) is 0 Å². The summed E-state index contributed by atoms with van der Waals surface area (Å²) in [5.41, 5.74) is 1.57. The number of rotatable bonds is 6. The lowest BCUT2D eigenvalue weighted by Gasteiger charge is -2.33. The van der Waals surface area contributed by atoms with E-state index in [1.807, 2.05) is 67.6 Å². The fraction of sp³-hybridized carbons (Fsp3) is 0.333. The van der Waals surface area contributed by atoms with Gasteiger partial charge in [-0.1, -0.05) is 42.5 Å². The molecular formula is C27H30N2O4. The highest BCUT2D eigenvalue weighted by atomic mass is 16.5. The van der Waals surface area contributed by atoms with Gasteiger partial charge in [-0.15, -0.1) is 0 Å². The van der Waals surface area contributed by atoms with Crippen molar-refractivity contribution in [3.05, 3.63) is 71.8 Å². The van der Waals surface area contributed by atoms with Crippen molar-refractivity contribution >= 4 is 22.6 Å². The van der Waals surface area contributed by atoms with Crippen LogP contribution in [0.2, 0.25) is 0 Å². The zero-order valence-electron chi connectivity index (χ0n) is 19.3. The molecule has 1 aliphatic heterocycles. The first-order valence-electron chi connectivity index (χ1n) is 11.3. The van der Waals surface area contributed by atoms with Gasteiger partial charge in [0.2, 0.25) is 5.91 Å². The summed E-state index contributed by atoms with van der Waals surface area (Å²) in [6.45, 7) is 3.00. The van der Waals surface area contributed by atoms with E-state index in [1.54, 1.807) is 19.1 Å². The van der Waals surface area contributed by atoms with Gasteiger partial charge in [-0.25, -0.2) is 0 Å². The van der Waals surface area contributed by atoms with E-state index in [9.17, 15) is 9.59 Å². The van der Waals surface area contributed by atoms with Gasteiger partial charge in [0.25, 0.3) is 5.91 Å². The summed E-state index contributed by atoms with van der Waals surface area (Å²) < 4.78 is 10.9. The number of hydrogen-bond acceptors (Lipinski definition) is 4. The average Bonchev–Trinajstić information content (AvgIpc) is 2.87. The second-order valence-corrected chi connectivity index (χ2v) is 8.42. The molecule has 1 fully saturated rings. The molecule has 1 saturated heterocycles. The number of ether oxygens (including phenoxy) is 2. The van der Waals surface area contributed by atoms with E-state index in [0.29, 0.717) is 18.7 Å². The molecule has 3 aromatic carbocycles. The topological polar surface area (TPSA) is 67.9 Å². The maximum absolute atomic E-state index is 13.4. The van der Waals surface area contributed by atoms with Crippen LogP contribution in [0, 0.1) is 5.92 Å². The lowest BCUT2D eigenvalue weighted by Crippen LogP contribution is -2.46. The maximum Gasteiger partial charge on any atom is 0.254 e. The van der Waals surface area contributed by atoms with Crippen molar-refractivity contribution in [2.75, 3.05) is 27.3 Å². The van der Waals surface area contributed by atoms with Crippen LogP contribution >= 0.6 is 0 Å². The summed E-state index contributed by atoms with van der Waals surface area (Å²) in [4.78, 5) is 28.3. The zero-order chi connectivity index (χ0) is 23.4. The van der Waals surface area contributed by atoms with E-state index in [2.05, 4.69) is 5.32 Å². The third kappa shape index (κ3) is 4.65. The van der Waals surface area contributed by atoms with Crippen LogP contribution in [0.25, 0.3) is 10.8 Å².